The van der Waals surface area contributed by atoms with E-state index in [0.29, 0.717) is 5.25 Å². The van der Waals surface area contributed by atoms with E-state index in [1.54, 1.807) is 11.3 Å². The van der Waals surface area contributed by atoms with E-state index in [1.165, 1.54) is 4.21 Å². The number of thioether (sulfide) groups is 1. The summed E-state index contributed by atoms with van der Waals surface area (Å²) in [7, 11) is 0. The van der Waals surface area contributed by atoms with Gasteiger partial charge in [-0.25, -0.2) is 0 Å². The average Bonchev–Trinajstić information content (AvgIpc) is 2.34. The van der Waals surface area contributed by atoms with Crippen LogP contribution in [0.5, 0.6) is 0 Å². The van der Waals surface area contributed by atoms with Gasteiger partial charge in [0.2, 0.25) is 0 Å². The quantitative estimate of drug-likeness (QED) is 0.736. The predicted molar refractivity (Wildman–Crippen MR) is 51.2 cm³/mol. The Balaban J connectivity index is 2.58. The third kappa shape index (κ3) is 2.85. The smallest absolute Gasteiger partial charge is 0.0774 e. The molecule has 1 aromatic rings. The van der Waals surface area contributed by atoms with E-state index >= 15 is 0 Å². The van der Waals surface area contributed by atoms with Gasteiger partial charge in [0.05, 0.1) is 10.8 Å². The molecule has 0 aliphatic carbocycles. The highest BCUT2D eigenvalue weighted by molar-refractivity contribution is 8.01. The highest BCUT2D eigenvalue weighted by Crippen LogP contribution is 2.29. The molecule has 1 N–H and O–H groups in total. The van der Waals surface area contributed by atoms with Crippen molar-refractivity contribution in [3.8, 4) is 0 Å². The second-order valence-corrected chi connectivity index (χ2v) is 5.59. The highest BCUT2D eigenvalue weighted by Gasteiger charge is 2.01. The molecule has 1 aromatic heterocycles. The molecule has 0 bridgehead atoms. The topological polar surface area (TPSA) is 20.2 Å². The summed E-state index contributed by atoms with van der Waals surface area (Å²) in [4.78, 5) is 1.05. The van der Waals surface area contributed by atoms with Gasteiger partial charge in [-0.3, -0.25) is 0 Å². The number of rotatable bonds is 3. The molecule has 0 spiro atoms. The van der Waals surface area contributed by atoms with E-state index in [0.717, 1.165) is 4.88 Å². The first-order valence-electron chi connectivity index (χ1n) is 3.58. The third-order valence-electron chi connectivity index (χ3n) is 1.14. The van der Waals surface area contributed by atoms with E-state index in [-0.39, 0.29) is 6.61 Å². The van der Waals surface area contributed by atoms with Gasteiger partial charge in [-0.1, -0.05) is 13.8 Å². The molecule has 3 heteroatoms. The molecule has 0 saturated carbocycles. The Morgan fingerprint density at radius 1 is 1.55 bits per heavy atom. The van der Waals surface area contributed by atoms with Gasteiger partial charge in [0.25, 0.3) is 0 Å². The molecule has 0 radical (unpaired) electrons. The van der Waals surface area contributed by atoms with E-state index < -0.39 is 0 Å². The molecule has 62 valence electrons. The van der Waals surface area contributed by atoms with Gasteiger partial charge in [0.1, 0.15) is 0 Å². The first-order chi connectivity index (χ1) is 5.22. The van der Waals surface area contributed by atoms with Crippen LogP contribution in [0.25, 0.3) is 0 Å². The standard InChI is InChI=1S/C8H12OS2/c1-6(2)10-8-4-3-7(5-9)11-8/h3-4,6,9H,5H2,1-2H3. The van der Waals surface area contributed by atoms with Crippen molar-refractivity contribution in [3.05, 3.63) is 17.0 Å². The summed E-state index contributed by atoms with van der Waals surface area (Å²) < 4.78 is 1.30. The Bertz CT molecular complexity index is 218. The molecule has 0 amide bonds. The van der Waals surface area contributed by atoms with Crippen LogP contribution in [0, 0.1) is 0 Å². The van der Waals surface area contributed by atoms with E-state index in [4.69, 9.17) is 5.11 Å². The van der Waals surface area contributed by atoms with Crippen LogP contribution in [0.1, 0.15) is 18.7 Å². The summed E-state index contributed by atoms with van der Waals surface area (Å²) in [6.45, 7) is 4.51. The van der Waals surface area contributed by atoms with Crippen LogP contribution in [0.4, 0.5) is 0 Å². The fourth-order valence-electron chi connectivity index (χ4n) is 0.739. The molecule has 1 heterocycles. The van der Waals surface area contributed by atoms with Crippen molar-refractivity contribution in [2.75, 3.05) is 0 Å². The van der Waals surface area contributed by atoms with Crippen LogP contribution in [0.15, 0.2) is 16.3 Å². The molecule has 1 nitrogen and oxygen atoms in total. The predicted octanol–water partition coefficient (Wildman–Crippen LogP) is 2.74. The normalized spacial score (nSPS) is 10.9. The SMILES string of the molecule is CC(C)Sc1ccc(CO)s1. The third-order valence-corrected chi connectivity index (χ3v) is 3.39. The van der Waals surface area contributed by atoms with Gasteiger partial charge < -0.3 is 5.11 Å². The first-order valence-corrected chi connectivity index (χ1v) is 5.28. The number of aliphatic hydroxyl groups excluding tert-OH is 1. The maximum Gasteiger partial charge on any atom is 0.0774 e. The zero-order chi connectivity index (χ0) is 8.27. The Labute approximate surface area is 75.4 Å². The fraction of sp³-hybridized carbons (Fsp3) is 0.500. The zero-order valence-electron chi connectivity index (χ0n) is 6.70. The zero-order valence-corrected chi connectivity index (χ0v) is 8.34. The highest BCUT2D eigenvalue weighted by atomic mass is 32.2. The van der Waals surface area contributed by atoms with Crippen molar-refractivity contribution in [2.24, 2.45) is 0 Å². The largest absolute Gasteiger partial charge is 0.391 e. The number of aliphatic hydroxyl groups is 1. The van der Waals surface area contributed by atoms with Gasteiger partial charge in [-0.15, -0.1) is 23.1 Å². The van der Waals surface area contributed by atoms with Gasteiger partial charge in [0.15, 0.2) is 0 Å². The molecule has 0 atom stereocenters. The second kappa shape index (κ2) is 4.14. The number of hydrogen-bond acceptors (Lipinski definition) is 3. The van der Waals surface area contributed by atoms with Crippen molar-refractivity contribution < 1.29 is 5.11 Å². The van der Waals surface area contributed by atoms with E-state index in [1.807, 2.05) is 17.8 Å². The molecule has 1 rings (SSSR count). The maximum absolute atomic E-state index is 8.79. The molecular formula is C8H12OS2. The summed E-state index contributed by atoms with van der Waals surface area (Å²) >= 11 is 3.52. The van der Waals surface area contributed by atoms with Crippen molar-refractivity contribution >= 4 is 23.1 Å². The van der Waals surface area contributed by atoms with Gasteiger partial charge in [-0.2, -0.15) is 0 Å². The van der Waals surface area contributed by atoms with Crippen LogP contribution in [0.2, 0.25) is 0 Å². The molecule has 0 fully saturated rings. The lowest BCUT2D eigenvalue weighted by atomic mass is 10.5. The van der Waals surface area contributed by atoms with Gasteiger partial charge >= 0.3 is 0 Å². The number of thiophene rings is 1. The van der Waals surface area contributed by atoms with Crippen LogP contribution in [-0.4, -0.2) is 10.4 Å². The monoisotopic (exact) mass is 188 g/mol. The fourth-order valence-corrected chi connectivity index (χ4v) is 3.04. The summed E-state index contributed by atoms with van der Waals surface area (Å²) in [5, 5.41) is 9.41. The molecule has 0 aromatic carbocycles. The van der Waals surface area contributed by atoms with Crippen LogP contribution >= 0.6 is 23.1 Å². The summed E-state index contributed by atoms with van der Waals surface area (Å²) in [6, 6.07) is 4.05. The summed E-state index contributed by atoms with van der Waals surface area (Å²) in [6.07, 6.45) is 0. The van der Waals surface area contributed by atoms with E-state index in [9.17, 15) is 0 Å². The number of hydrogen-bond donors (Lipinski definition) is 1. The van der Waals surface area contributed by atoms with Crippen LogP contribution < -0.4 is 0 Å². The average molecular weight is 188 g/mol. The Morgan fingerprint density at radius 2 is 2.27 bits per heavy atom. The Morgan fingerprint density at radius 3 is 2.73 bits per heavy atom. The minimum Gasteiger partial charge on any atom is -0.391 e. The maximum atomic E-state index is 8.79. The molecule has 0 aliphatic rings. The lowest BCUT2D eigenvalue weighted by Crippen LogP contribution is -1.82. The Kier molecular flexibility index (Phi) is 3.43. The molecular weight excluding hydrogens is 176 g/mol. The Hall–Kier alpha value is 0.01000. The molecule has 0 saturated heterocycles. The van der Waals surface area contributed by atoms with E-state index in [2.05, 4.69) is 19.9 Å². The minimum atomic E-state index is 0.170. The summed E-state index contributed by atoms with van der Waals surface area (Å²) in [5.41, 5.74) is 0. The van der Waals surface area contributed by atoms with Crippen LogP contribution in [-0.2, 0) is 6.61 Å². The van der Waals surface area contributed by atoms with Gasteiger partial charge in [0, 0.05) is 10.1 Å². The van der Waals surface area contributed by atoms with Crippen molar-refractivity contribution in [1.29, 1.82) is 0 Å². The van der Waals surface area contributed by atoms with Crippen molar-refractivity contribution in [1.82, 2.24) is 0 Å². The lowest BCUT2D eigenvalue weighted by Gasteiger charge is -1.98. The van der Waals surface area contributed by atoms with Crippen LogP contribution in [0.3, 0.4) is 0 Å². The van der Waals surface area contributed by atoms with Crippen molar-refractivity contribution in [3.63, 3.8) is 0 Å². The second-order valence-electron chi connectivity index (χ2n) is 2.55. The molecule has 0 aliphatic heterocycles. The molecule has 11 heavy (non-hydrogen) atoms. The minimum absolute atomic E-state index is 0.170. The molecule has 0 unspecified atom stereocenters. The summed E-state index contributed by atoms with van der Waals surface area (Å²) in [5.74, 6) is 0. The first kappa shape index (κ1) is 9.10. The lowest BCUT2D eigenvalue weighted by molar-refractivity contribution is 0.285. The van der Waals surface area contributed by atoms with Crippen molar-refractivity contribution in [2.45, 2.75) is 29.9 Å². The van der Waals surface area contributed by atoms with Gasteiger partial charge in [-0.05, 0) is 12.1 Å².